The van der Waals surface area contributed by atoms with Crippen LogP contribution in [0.25, 0.3) is 6.08 Å². The molecule has 1 aromatic rings. The molecule has 0 N–H and O–H groups in total. The van der Waals surface area contributed by atoms with Crippen molar-refractivity contribution < 1.29 is 32.7 Å². The number of allylic oxidation sites excluding steroid dienone is 1. The van der Waals surface area contributed by atoms with Crippen LogP contribution in [0.15, 0.2) is 30.3 Å². The Morgan fingerprint density at radius 2 is 1.67 bits per heavy atom. The first-order valence-corrected chi connectivity index (χ1v) is 3.21. The van der Waals surface area contributed by atoms with E-state index in [9.17, 15) is 0 Å². The van der Waals surface area contributed by atoms with Gasteiger partial charge in [-0.2, -0.15) is 0 Å². The molecule has 2 nitrogen and oxygen atoms in total. The average Bonchev–Trinajstić information content (AvgIpc) is 2.33. The Hall–Kier alpha value is -0.406. The Kier molecular flexibility index (Phi) is 7.24. The molecule has 0 aliphatic heterocycles. The van der Waals surface area contributed by atoms with E-state index in [4.69, 9.17) is 0 Å². The van der Waals surface area contributed by atoms with Crippen LogP contribution in [0.5, 0.6) is 0 Å². The molecule has 0 aromatic heterocycles. The van der Waals surface area contributed by atoms with E-state index in [1.54, 1.807) is 0 Å². The minimum Gasteiger partial charge on any atom is -2.00 e. The third-order valence-corrected chi connectivity index (χ3v) is 1.69. The van der Waals surface area contributed by atoms with E-state index in [0.717, 1.165) is 6.42 Å². The number of hydrogen-bond acceptors (Lipinski definition) is 0. The summed E-state index contributed by atoms with van der Waals surface area (Å²) in [5.41, 5.74) is 2.84. The van der Waals surface area contributed by atoms with Crippen molar-refractivity contribution in [3.05, 3.63) is 41.5 Å². The summed E-state index contributed by atoms with van der Waals surface area (Å²) in [5, 5.41) is 0. The quantitative estimate of drug-likeness (QED) is 0.570. The second-order valence-electron chi connectivity index (χ2n) is 2.31. The van der Waals surface area contributed by atoms with Crippen molar-refractivity contribution in [3.63, 3.8) is 0 Å². The first-order chi connectivity index (χ1) is 4.47. The minimum atomic E-state index is 0. The fourth-order valence-corrected chi connectivity index (χ4v) is 1.20. The minimum absolute atomic E-state index is 0. The first kappa shape index (κ1) is 14.1. The molecule has 0 radical (unpaired) electrons. The Balaban J connectivity index is 0. The van der Waals surface area contributed by atoms with E-state index < -0.39 is 0 Å². The molecular weight excluding hydrogens is 188 g/mol. The van der Waals surface area contributed by atoms with Crippen molar-refractivity contribution in [3.8, 4) is 0 Å². The summed E-state index contributed by atoms with van der Waals surface area (Å²) < 4.78 is 0. The molecular formula is C9H8O2Ti. The maximum atomic E-state index is 2.20. The van der Waals surface area contributed by atoms with Gasteiger partial charge in [-0.25, -0.2) is 0 Å². The van der Waals surface area contributed by atoms with E-state index in [-0.39, 0.29) is 32.7 Å². The summed E-state index contributed by atoms with van der Waals surface area (Å²) in [6.45, 7) is 0. The number of hydrogen-bond donors (Lipinski definition) is 0. The maximum absolute atomic E-state index is 2.20. The van der Waals surface area contributed by atoms with Crippen molar-refractivity contribution in [2.24, 2.45) is 0 Å². The standard InChI is InChI=1S/C9H8.2O.Ti/c1-2-5-9-7-3-6-8(9)4-1;;;/h1-6H,7H2;;;/q;2*-2;+4. The zero-order valence-electron chi connectivity index (χ0n) is 6.49. The second-order valence-corrected chi connectivity index (χ2v) is 2.31. The molecule has 60 valence electrons. The summed E-state index contributed by atoms with van der Waals surface area (Å²) in [5.74, 6) is 0. The first-order valence-electron chi connectivity index (χ1n) is 3.21. The number of benzene rings is 1. The summed E-state index contributed by atoms with van der Waals surface area (Å²) in [4.78, 5) is 0. The number of rotatable bonds is 0. The summed E-state index contributed by atoms with van der Waals surface area (Å²) in [6, 6.07) is 8.49. The molecule has 0 heterocycles. The molecule has 0 spiro atoms. The average molecular weight is 196 g/mol. The van der Waals surface area contributed by atoms with Crippen molar-refractivity contribution in [1.82, 2.24) is 0 Å². The van der Waals surface area contributed by atoms with Crippen LogP contribution >= 0.6 is 0 Å². The van der Waals surface area contributed by atoms with E-state index in [0.29, 0.717) is 0 Å². The van der Waals surface area contributed by atoms with Gasteiger partial charge >= 0.3 is 21.7 Å². The molecule has 0 saturated heterocycles. The smallest absolute Gasteiger partial charge is 2.00 e. The van der Waals surface area contributed by atoms with Crippen LogP contribution in [0.2, 0.25) is 0 Å². The van der Waals surface area contributed by atoms with Gasteiger partial charge in [0.15, 0.2) is 0 Å². The van der Waals surface area contributed by atoms with E-state index in [2.05, 4.69) is 36.4 Å². The predicted octanol–water partition coefficient (Wildman–Crippen LogP) is 2.02. The summed E-state index contributed by atoms with van der Waals surface area (Å²) >= 11 is 0. The molecule has 2 rings (SSSR count). The van der Waals surface area contributed by atoms with Gasteiger partial charge in [-0.05, 0) is 17.5 Å². The van der Waals surface area contributed by atoms with Crippen molar-refractivity contribution in [2.75, 3.05) is 0 Å². The molecule has 0 bridgehead atoms. The third-order valence-electron chi connectivity index (χ3n) is 1.69. The van der Waals surface area contributed by atoms with Crippen LogP contribution in [0, 0.1) is 0 Å². The zero-order chi connectivity index (χ0) is 6.10. The Labute approximate surface area is 86.8 Å². The second kappa shape index (κ2) is 6.15. The van der Waals surface area contributed by atoms with Gasteiger partial charge < -0.3 is 11.0 Å². The Morgan fingerprint density at radius 3 is 2.33 bits per heavy atom. The monoisotopic (exact) mass is 196 g/mol. The molecule has 0 saturated carbocycles. The normalized spacial score (nSPS) is 10.3. The molecule has 0 unspecified atom stereocenters. The molecule has 0 atom stereocenters. The molecule has 12 heavy (non-hydrogen) atoms. The molecule has 1 aliphatic carbocycles. The largest absolute Gasteiger partial charge is 4.00 e. The molecule has 0 fully saturated rings. The van der Waals surface area contributed by atoms with Gasteiger partial charge in [0.2, 0.25) is 0 Å². The van der Waals surface area contributed by atoms with Crippen LogP contribution in [0.1, 0.15) is 11.1 Å². The van der Waals surface area contributed by atoms with Gasteiger partial charge in [-0.15, -0.1) is 0 Å². The topological polar surface area (TPSA) is 57.0 Å². The fraction of sp³-hybridized carbons (Fsp3) is 0.111. The Bertz CT molecular complexity index is 258. The van der Waals surface area contributed by atoms with Crippen LogP contribution < -0.4 is 0 Å². The zero-order valence-corrected chi connectivity index (χ0v) is 8.05. The van der Waals surface area contributed by atoms with Crippen LogP contribution in [0.4, 0.5) is 0 Å². The van der Waals surface area contributed by atoms with Crippen LogP contribution in [-0.4, -0.2) is 0 Å². The van der Waals surface area contributed by atoms with Crippen molar-refractivity contribution in [1.29, 1.82) is 0 Å². The SMILES string of the molecule is C1=Cc2ccccc2C1.[O-2].[O-2].[Ti+4]. The van der Waals surface area contributed by atoms with Gasteiger partial charge in [0.25, 0.3) is 0 Å². The van der Waals surface area contributed by atoms with Gasteiger partial charge in [0.1, 0.15) is 0 Å². The van der Waals surface area contributed by atoms with Gasteiger partial charge in [0.05, 0.1) is 0 Å². The summed E-state index contributed by atoms with van der Waals surface area (Å²) in [6.07, 6.45) is 5.50. The number of fused-ring (bicyclic) bond motifs is 1. The summed E-state index contributed by atoms with van der Waals surface area (Å²) in [7, 11) is 0. The molecule has 1 aromatic carbocycles. The van der Waals surface area contributed by atoms with Crippen molar-refractivity contribution >= 4 is 6.08 Å². The van der Waals surface area contributed by atoms with E-state index >= 15 is 0 Å². The van der Waals surface area contributed by atoms with Gasteiger partial charge in [-0.1, -0.05) is 36.4 Å². The molecule has 3 heteroatoms. The van der Waals surface area contributed by atoms with Crippen LogP contribution in [-0.2, 0) is 39.1 Å². The predicted molar refractivity (Wildman–Crippen MR) is 40.6 cm³/mol. The maximum Gasteiger partial charge on any atom is 4.00 e. The molecule has 0 amide bonds. The van der Waals surface area contributed by atoms with E-state index in [1.165, 1.54) is 11.1 Å². The molecule has 1 aliphatic rings. The van der Waals surface area contributed by atoms with Gasteiger partial charge in [0, 0.05) is 0 Å². The van der Waals surface area contributed by atoms with Crippen LogP contribution in [0.3, 0.4) is 0 Å². The van der Waals surface area contributed by atoms with Gasteiger partial charge in [-0.3, -0.25) is 0 Å². The van der Waals surface area contributed by atoms with Crippen molar-refractivity contribution in [2.45, 2.75) is 6.42 Å². The Morgan fingerprint density at radius 1 is 1.00 bits per heavy atom. The third kappa shape index (κ3) is 2.57. The van der Waals surface area contributed by atoms with E-state index in [1.807, 2.05) is 0 Å². The fourth-order valence-electron chi connectivity index (χ4n) is 1.20.